The third-order valence-electron chi connectivity index (χ3n) is 3.17. The second-order valence-corrected chi connectivity index (χ2v) is 4.64. The topological polar surface area (TPSA) is 23.5 Å². The van der Waals surface area contributed by atoms with E-state index in [-0.39, 0.29) is 5.75 Å². The van der Waals surface area contributed by atoms with Crippen LogP contribution < -0.4 is 4.90 Å². The van der Waals surface area contributed by atoms with Crippen molar-refractivity contribution in [2.45, 2.75) is 20.4 Å². The fraction of sp³-hybridized carbons (Fsp3) is 0.250. The van der Waals surface area contributed by atoms with Crippen molar-refractivity contribution in [3.8, 4) is 5.75 Å². The van der Waals surface area contributed by atoms with E-state index >= 15 is 0 Å². The lowest BCUT2D eigenvalue weighted by molar-refractivity contribution is 0.431. The van der Waals surface area contributed by atoms with Crippen molar-refractivity contribution in [3.63, 3.8) is 0 Å². The third-order valence-corrected chi connectivity index (χ3v) is 3.17. The van der Waals surface area contributed by atoms with Crippen molar-refractivity contribution in [1.29, 1.82) is 0 Å². The van der Waals surface area contributed by atoms with E-state index in [9.17, 15) is 9.50 Å². The van der Waals surface area contributed by atoms with Gasteiger partial charge in [-0.05, 0) is 43.7 Å². The second-order valence-electron chi connectivity index (χ2n) is 4.64. The minimum atomic E-state index is -0.572. The molecule has 0 saturated heterocycles. The van der Waals surface area contributed by atoms with E-state index in [1.54, 1.807) is 6.07 Å². The van der Waals surface area contributed by atoms with Gasteiger partial charge < -0.3 is 10.0 Å². The van der Waals surface area contributed by atoms with Crippen LogP contribution in [-0.4, -0.2) is 11.7 Å². The van der Waals surface area contributed by atoms with Gasteiger partial charge in [0, 0.05) is 18.8 Å². The Kier molecular flexibility index (Phi) is 4.05. The van der Waals surface area contributed by atoms with Crippen LogP contribution in [0.5, 0.6) is 5.75 Å². The molecule has 3 heteroatoms. The molecule has 0 radical (unpaired) electrons. The molecule has 0 unspecified atom stereocenters. The number of phenols is 1. The Morgan fingerprint density at radius 3 is 2.37 bits per heavy atom. The van der Waals surface area contributed by atoms with Crippen LogP contribution in [0.3, 0.4) is 0 Å². The van der Waals surface area contributed by atoms with Crippen molar-refractivity contribution in [3.05, 3.63) is 59.4 Å². The molecule has 100 valence electrons. The van der Waals surface area contributed by atoms with Crippen LogP contribution in [0.1, 0.15) is 18.1 Å². The Morgan fingerprint density at radius 1 is 1.11 bits per heavy atom. The Morgan fingerprint density at radius 2 is 1.79 bits per heavy atom. The molecule has 0 aromatic heterocycles. The fourth-order valence-electron chi connectivity index (χ4n) is 2.01. The summed E-state index contributed by atoms with van der Waals surface area (Å²) in [6.45, 7) is 5.58. The second kappa shape index (κ2) is 5.74. The van der Waals surface area contributed by atoms with Crippen LogP contribution in [0, 0.1) is 12.7 Å². The molecule has 19 heavy (non-hydrogen) atoms. The Balaban J connectivity index is 2.18. The predicted octanol–water partition coefficient (Wildman–Crippen LogP) is 3.87. The first-order valence-electron chi connectivity index (χ1n) is 6.39. The molecular formula is C16H18FNO. The van der Waals surface area contributed by atoms with E-state index < -0.39 is 5.82 Å². The van der Waals surface area contributed by atoms with Crippen molar-refractivity contribution in [1.82, 2.24) is 0 Å². The van der Waals surface area contributed by atoms with Crippen LogP contribution in [0.4, 0.5) is 10.1 Å². The van der Waals surface area contributed by atoms with E-state index in [2.05, 4.69) is 43.0 Å². The lowest BCUT2D eigenvalue weighted by Crippen LogP contribution is -2.21. The lowest BCUT2D eigenvalue weighted by atomic mass is 10.1. The molecule has 0 fully saturated rings. The zero-order valence-electron chi connectivity index (χ0n) is 11.2. The normalized spacial score (nSPS) is 10.5. The number of aryl methyl sites for hydroxylation is 1. The molecule has 0 heterocycles. The Hall–Kier alpha value is -2.03. The number of rotatable bonds is 4. The molecule has 2 aromatic carbocycles. The quantitative estimate of drug-likeness (QED) is 0.901. The number of halogens is 1. The van der Waals surface area contributed by atoms with Gasteiger partial charge in [0.15, 0.2) is 11.6 Å². The van der Waals surface area contributed by atoms with Crippen LogP contribution in [0.25, 0.3) is 0 Å². The molecule has 0 aliphatic carbocycles. The van der Waals surface area contributed by atoms with Gasteiger partial charge in [-0.1, -0.05) is 23.8 Å². The minimum absolute atomic E-state index is 0.304. The molecule has 0 bridgehead atoms. The maximum absolute atomic E-state index is 13.3. The van der Waals surface area contributed by atoms with Gasteiger partial charge in [0.05, 0.1) is 0 Å². The van der Waals surface area contributed by atoms with Crippen molar-refractivity contribution < 1.29 is 9.50 Å². The first-order valence-corrected chi connectivity index (χ1v) is 6.39. The lowest BCUT2D eigenvalue weighted by Gasteiger charge is -2.23. The molecule has 0 aliphatic heterocycles. The van der Waals surface area contributed by atoms with Crippen LogP contribution in [0.15, 0.2) is 42.5 Å². The highest BCUT2D eigenvalue weighted by atomic mass is 19.1. The predicted molar refractivity (Wildman–Crippen MR) is 76.0 cm³/mol. The highest BCUT2D eigenvalue weighted by molar-refractivity contribution is 5.48. The number of benzene rings is 2. The summed E-state index contributed by atoms with van der Waals surface area (Å²) in [6, 6.07) is 12.8. The number of aromatic hydroxyl groups is 1. The molecule has 1 N–H and O–H groups in total. The summed E-state index contributed by atoms with van der Waals surface area (Å²) >= 11 is 0. The number of hydrogen-bond acceptors (Lipinski definition) is 2. The minimum Gasteiger partial charge on any atom is -0.505 e. The molecule has 0 aliphatic rings. The number of hydrogen-bond donors (Lipinski definition) is 1. The van der Waals surface area contributed by atoms with Crippen LogP contribution >= 0.6 is 0 Å². The van der Waals surface area contributed by atoms with Gasteiger partial charge in [0.2, 0.25) is 0 Å². The number of phenolic OH excluding ortho intramolecular Hbond substituents is 1. The van der Waals surface area contributed by atoms with Crippen molar-refractivity contribution >= 4 is 5.69 Å². The number of anilines is 1. The van der Waals surface area contributed by atoms with Gasteiger partial charge in [-0.3, -0.25) is 0 Å². The summed E-state index contributed by atoms with van der Waals surface area (Å²) in [7, 11) is 0. The monoisotopic (exact) mass is 259 g/mol. The molecule has 2 aromatic rings. The Labute approximate surface area is 113 Å². The smallest absolute Gasteiger partial charge is 0.165 e. The fourth-order valence-corrected chi connectivity index (χ4v) is 2.01. The summed E-state index contributed by atoms with van der Waals surface area (Å²) in [4.78, 5) is 2.16. The average molecular weight is 259 g/mol. The first-order chi connectivity index (χ1) is 9.10. The summed E-state index contributed by atoms with van der Waals surface area (Å²) < 4.78 is 13.3. The van der Waals surface area contributed by atoms with E-state index in [0.717, 1.165) is 17.8 Å². The number of nitrogens with zero attached hydrogens (tertiary/aromatic N) is 1. The Bertz CT molecular complexity index is 551. The van der Waals surface area contributed by atoms with E-state index in [1.165, 1.54) is 17.7 Å². The molecular weight excluding hydrogens is 241 g/mol. The summed E-state index contributed by atoms with van der Waals surface area (Å²) in [5.41, 5.74) is 3.18. The third kappa shape index (κ3) is 3.25. The van der Waals surface area contributed by atoms with Gasteiger partial charge in [-0.15, -0.1) is 0 Å². The molecule has 0 saturated carbocycles. The largest absolute Gasteiger partial charge is 0.505 e. The first kappa shape index (κ1) is 13.4. The maximum Gasteiger partial charge on any atom is 0.165 e. The van der Waals surface area contributed by atoms with Gasteiger partial charge in [-0.25, -0.2) is 4.39 Å². The standard InChI is InChI=1S/C16H18FNO/c1-3-18(14-7-4-12(2)5-8-14)11-13-6-9-16(19)15(17)10-13/h4-10,19H,3,11H2,1-2H3. The molecule has 2 rings (SSSR count). The highest BCUT2D eigenvalue weighted by Gasteiger charge is 2.07. The zero-order chi connectivity index (χ0) is 13.8. The maximum atomic E-state index is 13.3. The van der Waals surface area contributed by atoms with Crippen molar-refractivity contribution in [2.75, 3.05) is 11.4 Å². The summed E-state index contributed by atoms with van der Waals surface area (Å²) in [6.07, 6.45) is 0. The molecule has 0 spiro atoms. The SMILES string of the molecule is CCN(Cc1ccc(O)c(F)c1)c1ccc(C)cc1. The van der Waals surface area contributed by atoms with Gasteiger partial charge in [0.25, 0.3) is 0 Å². The average Bonchev–Trinajstić information content (AvgIpc) is 2.41. The molecule has 0 amide bonds. The van der Waals surface area contributed by atoms with E-state index in [1.807, 2.05) is 0 Å². The summed E-state index contributed by atoms with van der Waals surface area (Å²) in [5.74, 6) is -0.875. The van der Waals surface area contributed by atoms with Crippen LogP contribution in [-0.2, 0) is 6.54 Å². The van der Waals surface area contributed by atoms with Gasteiger partial charge in [-0.2, -0.15) is 0 Å². The van der Waals surface area contributed by atoms with E-state index in [0.29, 0.717) is 6.54 Å². The van der Waals surface area contributed by atoms with Crippen LogP contribution in [0.2, 0.25) is 0 Å². The summed E-state index contributed by atoms with van der Waals surface area (Å²) in [5, 5.41) is 9.19. The van der Waals surface area contributed by atoms with E-state index in [4.69, 9.17) is 0 Å². The van der Waals surface area contributed by atoms with Gasteiger partial charge in [0.1, 0.15) is 0 Å². The van der Waals surface area contributed by atoms with Gasteiger partial charge >= 0.3 is 0 Å². The van der Waals surface area contributed by atoms with Crippen molar-refractivity contribution in [2.24, 2.45) is 0 Å². The highest BCUT2D eigenvalue weighted by Crippen LogP contribution is 2.21. The molecule has 0 atom stereocenters. The molecule has 2 nitrogen and oxygen atoms in total. The zero-order valence-corrected chi connectivity index (χ0v) is 11.2.